The van der Waals surface area contributed by atoms with Crippen molar-refractivity contribution in [3.05, 3.63) is 62.6 Å². The topological polar surface area (TPSA) is 113 Å². The van der Waals surface area contributed by atoms with Gasteiger partial charge in [-0.05, 0) is 24.3 Å². The van der Waals surface area contributed by atoms with E-state index in [0.29, 0.717) is 35.4 Å². The normalized spacial score (nSPS) is 15.5. The van der Waals surface area contributed by atoms with Crippen molar-refractivity contribution < 1.29 is 18.1 Å². The number of non-ortho nitro benzene ring substituents is 1. The van der Waals surface area contributed by atoms with Gasteiger partial charge in [0.2, 0.25) is 15.9 Å². The van der Waals surface area contributed by atoms with Crippen molar-refractivity contribution in [2.75, 3.05) is 38.0 Å². The fraction of sp³-hybridized carbons (Fsp3) is 0.316. The second-order valence-corrected chi connectivity index (χ2v) is 9.70. The van der Waals surface area contributed by atoms with Crippen LogP contribution in [0.3, 0.4) is 0 Å². The average molecular weight is 487 g/mol. The standard InChI is InChI=1S/C19H20Cl2N4O5S/c20-14-4-5-17(21)18(12-14)22-19(26)6-7-23-8-10-24(11-9-23)31(29,30)16-3-1-2-15(13-16)25(27)28/h1-5,12-13H,6-11H2,(H,22,26). The van der Waals surface area contributed by atoms with Crippen LogP contribution < -0.4 is 5.32 Å². The van der Waals surface area contributed by atoms with E-state index in [1.165, 1.54) is 22.5 Å². The number of rotatable bonds is 7. The first kappa shape index (κ1) is 23.4. The number of amides is 1. The van der Waals surface area contributed by atoms with Gasteiger partial charge in [0.25, 0.3) is 5.69 Å². The number of carbonyl (C=O) groups is 1. The first-order chi connectivity index (χ1) is 14.7. The highest BCUT2D eigenvalue weighted by molar-refractivity contribution is 7.89. The molecule has 1 heterocycles. The number of nitro benzene ring substituents is 1. The molecule has 1 N–H and O–H groups in total. The van der Waals surface area contributed by atoms with E-state index in [1.807, 2.05) is 4.90 Å². The number of halogens is 2. The van der Waals surface area contributed by atoms with Crippen LogP contribution in [0.5, 0.6) is 0 Å². The summed E-state index contributed by atoms with van der Waals surface area (Å²) in [6.07, 6.45) is 0.209. The lowest BCUT2D eigenvalue weighted by atomic mass is 10.3. The smallest absolute Gasteiger partial charge is 0.270 e. The third kappa shape index (κ3) is 5.92. The van der Waals surface area contributed by atoms with E-state index in [-0.39, 0.29) is 36.0 Å². The van der Waals surface area contributed by atoms with Gasteiger partial charge in [-0.25, -0.2) is 8.42 Å². The molecule has 0 aromatic heterocycles. The number of nitrogens with one attached hydrogen (secondary N) is 1. The molecule has 1 aliphatic rings. The summed E-state index contributed by atoms with van der Waals surface area (Å²) in [7, 11) is -3.83. The molecule has 1 aliphatic heterocycles. The predicted molar refractivity (Wildman–Crippen MR) is 118 cm³/mol. The van der Waals surface area contributed by atoms with Gasteiger partial charge in [-0.2, -0.15) is 4.31 Å². The van der Waals surface area contributed by atoms with Crippen molar-refractivity contribution in [3.8, 4) is 0 Å². The van der Waals surface area contributed by atoms with Crippen molar-refractivity contribution in [3.63, 3.8) is 0 Å². The molecule has 0 saturated carbocycles. The third-order valence-electron chi connectivity index (χ3n) is 4.86. The molecule has 31 heavy (non-hydrogen) atoms. The molecular weight excluding hydrogens is 467 g/mol. The van der Waals surface area contributed by atoms with Gasteiger partial charge in [0.1, 0.15) is 0 Å². The first-order valence-corrected chi connectivity index (χ1v) is 11.6. The minimum atomic E-state index is -3.83. The SMILES string of the molecule is O=C(CCN1CCN(S(=O)(=O)c2cccc([N+](=O)[O-])c2)CC1)Nc1cc(Cl)ccc1Cl. The Balaban J connectivity index is 1.52. The summed E-state index contributed by atoms with van der Waals surface area (Å²) in [6, 6.07) is 9.80. The van der Waals surface area contributed by atoms with Crippen molar-refractivity contribution >= 4 is 50.5 Å². The number of benzene rings is 2. The highest BCUT2D eigenvalue weighted by Gasteiger charge is 2.29. The summed E-state index contributed by atoms with van der Waals surface area (Å²) in [5, 5.41) is 14.5. The number of nitrogens with zero attached hydrogens (tertiary/aromatic N) is 3. The zero-order chi connectivity index (χ0) is 22.6. The fourth-order valence-electron chi connectivity index (χ4n) is 3.17. The van der Waals surface area contributed by atoms with E-state index in [1.54, 1.807) is 18.2 Å². The fourth-order valence-corrected chi connectivity index (χ4v) is 4.97. The summed E-state index contributed by atoms with van der Waals surface area (Å²) < 4.78 is 26.9. The minimum absolute atomic E-state index is 0.104. The minimum Gasteiger partial charge on any atom is -0.325 e. The monoisotopic (exact) mass is 486 g/mol. The van der Waals surface area contributed by atoms with Crippen molar-refractivity contribution in [1.82, 2.24) is 9.21 Å². The number of carbonyl (C=O) groups excluding carboxylic acids is 1. The molecule has 9 nitrogen and oxygen atoms in total. The van der Waals surface area contributed by atoms with Gasteiger partial charge in [0.15, 0.2) is 0 Å². The number of piperazine rings is 1. The van der Waals surface area contributed by atoms with Gasteiger partial charge in [-0.15, -0.1) is 0 Å². The van der Waals surface area contributed by atoms with E-state index >= 15 is 0 Å². The molecule has 2 aromatic rings. The first-order valence-electron chi connectivity index (χ1n) is 9.38. The van der Waals surface area contributed by atoms with Crippen LogP contribution in [0.15, 0.2) is 47.4 Å². The Bertz CT molecular complexity index is 1090. The Morgan fingerprint density at radius 1 is 1.10 bits per heavy atom. The largest absolute Gasteiger partial charge is 0.325 e. The number of sulfonamides is 1. The molecule has 3 rings (SSSR count). The maximum Gasteiger partial charge on any atom is 0.270 e. The summed E-state index contributed by atoms with van der Waals surface area (Å²) in [5.41, 5.74) is 0.164. The van der Waals surface area contributed by atoms with Gasteiger partial charge >= 0.3 is 0 Å². The van der Waals surface area contributed by atoms with E-state index in [2.05, 4.69) is 5.32 Å². The van der Waals surface area contributed by atoms with Crippen LogP contribution in [0.4, 0.5) is 11.4 Å². The summed E-state index contributed by atoms with van der Waals surface area (Å²) in [4.78, 5) is 24.4. The number of hydrogen-bond donors (Lipinski definition) is 1. The lowest BCUT2D eigenvalue weighted by Gasteiger charge is -2.33. The Labute approximate surface area is 189 Å². The Morgan fingerprint density at radius 3 is 2.48 bits per heavy atom. The maximum absolute atomic E-state index is 12.8. The molecule has 1 amide bonds. The van der Waals surface area contributed by atoms with Crippen molar-refractivity contribution in [2.24, 2.45) is 0 Å². The van der Waals surface area contributed by atoms with Gasteiger partial charge < -0.3 is 10.2 Å². The van der Waals surface area contributed by atoms with Crippen LogP contribution in [-0.4, -0.2) is 61.2 Å². The Hall–Kier alpha value is -2.24. The summed E-state index contributed by atoms with van der Waals surface area (Å²) >= 11 is 12.0. The lowest BCUT2D eigenvalue weighted by Crippen LogP contribution is -2.49. The van der Waals surface area contributed by atoms with E-state index in [4.69, 9.17) is 23.2 Å². The molecule has 0 unspecified atom stereocenters. The van der Waals surface area contributed by atoms with E-state index in [0.717, 1.165) is 6.07 Å². The van der Waals surface area contributed by atoms with E-state index in [9.17, 15) is 23.3 Å². The van der Waals surface area contributed by atoms with Gasteiger partial charge in [-0.3, -0.25) is 14.9 Å². The molecule has 0 bridgehead atoms. The van der Waals surface area contributed by atoms with Crippen LogP contribution in [-0.2, 0) is 14.8 Å². The van der Waals surface area contributed by atoms with Crippen LogP contribution >= 0.6 is 23.2 Å². The Kier molecular flexibility index (Phi) is 7.50. The van der Waals surface area contributed by atoms with Crippen LogP contribution in [0.2, 0.25) is 10.0 Å². The molecule has 0 spiro atoms. The summed E-state index contributed by atoms with van der Waals surface area (Å²) in [6.45, 7) is 1.80. The van der Waals surface area contributed by atoms with E-state index < -0.39 is 14.9 Å². The molecule has 0 aliphatic carbocycles. The zero-order valence-electron chi connectivity index (χ0n) is 16.3. The van der Waals surface area contributed by atoms with Gasteiger partial charge in [0, 0.05) is 56.3 Å². The second kappa shape index (κ2) is 9.92. The highest BCUT2D eigenvalue weighted by atomic mass is 35.5. The van der Waals surface area contributed by atoms with Crippen LogP contribution in [0, 0.1) is 10.1 Å². The predicted octanol–water partition coefficient (Wildman–Crippen LogP) is 3.24. The maximum atomic E-state index is 12.8. The zero-order valence-corrected chi connectivity index (χ0v) is 18.7. The molecule has 166 valence electrons. The molecule has 1 fully saturated rings. The van der Waals surface area contributed by atoms with Gasteiger partial charge in [0.05, 0.1) is 20.5 Å². The molecular formula is C19H20Cl2N4O5S. The lowest BCUT2D eigenvalue weighted by molar-refractivity contribution is -0.385. The highest BCUT2D eigenvalue weighted by Crippen LogP contribution is 2.26. The second-order valence-electron chi connectivity index (χ2n) is 6.92. The molecule has 2 aromatic carbocycles. The summed E-state index contributed by atoms with van der Waals surface area (Å²) in [5.74, 6) is -0.226. The average Bonchev–Trinajstić information content (AvgIpc) is 2.75. The van der Waals surface area contributed by atoms with Crippen LogP contribution in [0.25, 0.3) is 0 Å². The van der Waals surface area contributed by atoms with Crippen molar-refractivity contribution in [1.29, 1.82) is 0 Å². The van der Waals surface area contributed by atoms with Crippen LogP contribution in [0.1, 0.15) is 6.42 Å². The number of nitro groups is 1. The quantitative estimate of drug-likeness (QED) is 0.474. The molecule has 0 radical (unpaired) electrons. The number of anilines is 1. The molecule has 12 heteroatoms. The molecule has 1 saturated heterocycles. The number of hydrogen-bond acceptors (Lipinski definition) is 6. The molecule has 0 atom stereocenters. The van der Waals surface area contributed by atoms with Gasteiger partial charge in [-0.1, -0.05) is 29.3 Å². The third-order valence-corrected chi connectivity index (χ3v) is 7.31. The Morgan fingerprint density at radius 2 is 1.81 bits per heavy atom. The van der Waals surface area contributed by atoms with Crippen molar-refractivity contribution in [2.45, 2.75) is 11.3 Å².